The van der Waals surface area contributed by atoms with Gasteiger partial charge in [0.25, 0.3) is 11.8 Å². The van der Waals surface area contributed by atoms with E-state index < -0.39 is 0 Å². The molecule has 6 heteroatoms. The smallest absolute Gasteiger partial charge is 0.273 e. The molecule has 0 aliphatic carbocycles. The zero-order valence-corrected chi connectivity index (χ0v) is 14.9. The minimum atomic E-state index is -0.285. The number of carbonyl (C=O) groups is 2. The fourth-order valence-corrected chi connectivity index (χ4v) is 3.36. The molecule has 1 atom stereocenters. The van der Waals surface area contributed by atoms with Crippen molar-refractivity contribution >= 4 is 23.2 Å². The molecule has 1 unspecified atom stereocenters. The predicted molar refractivity (Wildman–Crippen MR) is 103 cm³/mol. The molecule has 0 spiro atoms. The Bertz CT molecular complexity index is 856. The number of likely N-dealkylation sites (tertiary alicyclic amines) is 1. The number of benzene rings is 2. The van der Waals surface area contributed by atoms with Gasteiger partial charge in [0.2, 0.25) is 0 Å². The van der Waals surface area contributed by atoms with E-state index in [1.165, 1.54) is 0 Å². The highest BCUT2D eigenvalue weighted by Crippen LogP contribution is 2.27. The second-order valence-corrected chi connectivity index (χ2v) is 6.78. The van der Waals surface area contributed by atoms with Crippen LogP contribution in [0.4, 0.5) is 5.69 Å². The second kappa shape index (κ2) is 7.61. The SMILES string of the molecule is O=C(Nc1ccc(C(=O)N2CCCC2)cc1)C1=NOC(c2ccccc2)C1. The molecule has 2 aliphatic heterocycles. The van der Waals surface area contributed by atoms with Crippen LogP contribution in [0.2, 0.25) is 0 Å². The van der Waals surface area contributed by atoms with Crippen LogP contribution in [0.25, 0.3) is 0 Å². The number of hydrogen-bond donors (Lipinski definition) is 1. The molecule has 27 heavy (non-hydrogen) atoms. The van der Waals surface area contributed by atoms with Crippen molar-refractivity contribution in [3.05, 3.63) is 65.7 Å². The first-order chi connectivity index (χ1) is 13.2. The van der Waals surface area contributed by atoms with Crippen LogP contribution in [-0.2, 0) is 9.63 Å². The zero-order valence-electron chi connectivity index (χ0n) is 14.9. The molecule has 1 saturated heterocycles. The first kappa shape index (κ1) is 17.3. The average Bonchev–Trinajstić information content (AvgIpc) is 3.41. The van der Waals surface area contributed by atoms with Crippen LogP contribution in [0.5, 0.6) is 0 Å². The Balaban J connectivity index is 1.35. The van der Waals surface area contributed by atoms with E-state index in [1.807, 2.05) is 35.2 Å². The lowest BCUT2D eigenvalue weighted by Gasteiger charge is -2.15. The van der Waals surface area contributed by atoms with Crippen molar-refractivity contribution in [3.8, 4) is 0 Å². The van der Waals surface area contributed by atoms with Gasteiger partial charge in [-0.2, -0.15) is 0 Å². The number of hydrogen-bond acceptors (Lipinski definition) is 4. The van der Waals surface area contributed by atoms with Crippen LogP contribution in [-0.4, -0.2) is 35.5 Å². The largest absolute Gasteiger partial charge is 0.387 e. The van der Waals surface area contributed by atoms with E-state index in [0.717, 1.165) is 31.5 Å². The molecule has 2 aromatic rings. The molecule has 6 nitrogen and oxygen atoms in total. The van der Waals surface area contributed by atoms with Crippen molar-refractivity contribution in [1.82, 2.24) is 4.90 Å². The van der Waals surface area contributed by atoms with Crippen molar-refractivity contribution < 1.29 is 14.4 Å². The van der Waals surface area contributed by atoms with Crippen LogP contribution in [0.1, 0.15) is 41.3 Å². The van der Waals surface area contributed by atoms with Gasteiger partial charge in [-0.15, -0.1) is 0 Å². The maximum absolute atomic E-state index is 12.4. The Labute approximate surface area is 157 Å². The Hall–Kier alpha value is -3.15. The predicted octanol–water partition coefficient (Wildman–Crippen LogP) is 3.38. The normalized spacial score (nSPS) is 18.7. The Morgan fingerprint density at radius 2 is 1.70 bits per heavy atom. The first-order valence-electron chi connectivity index (χ1n) is 9.19. The van der Waals surface area contributed by atoms with E-state index in [0.29, 0.717) is 23.4 Å². The van der Waals surface area contributed by atoms with Gasteiger partial charge in [0.15, 0.2) is 6.10 Å². The summed E-state index contributed by atoms with van der Waals surface area (Å²) in [5.41, 5.74) is 2.62. The molecule has 0 saturated carbocycles. The van der Waals surface area contributed by atoms with Crippen molar-refractivity contribution in [3.63, 3.8) is 0 Å². The summed E-state index contributed by atoms with van der Waals surface area (Å²) in [6.07, 6.45) is 2.33. The highest BCUT2D eigenvalue weighted by atomic mass is 16.6. The topological polar surface area (TPSA) is 71.0 Å². The third-order valence-electron chi connectivity index (χ3n) is 4.89. The second-order valence-electron chi connectivity index (χ2n) is 6.78. The Kier molecular flexibility index (Phi) is 4.87. The molecule has 1 N–H and O–H groups in total. The molecule has 2 amide bonds. The number of nitrogens with zero attached hydrogens (tertiary/aromatic N) is 2. The van der Waals surface area contributed by atoms with Gasteiger partial charge in [0.05, 0.1) is 0 Å². The fraction of sp³-hybridized carbons (Fsp3) is 0.286. The number of oxime groups is 1. The molecular formula is C21H21N3O3. The summed E-state index contributed by atoms with van der Waals surface area (Å²) in [5.74, 6) is -0.239. The van der Waals surface area contributed by atoms with Crippen molar-refractivity contribution in [2.75, 3.05) is 18.4 Å². The van der Waals surface area contributed by atoms with E-state index in [1.54, 1.807) is 24.3 Å². The first-order valence-corrected chi connectivity index (χ1v) is 9.19. The molecule has 0 aromatic heterocycles. The van der Waals surface area contributed by atoms with Gasteiger partial charge in [0, 0.05) is 30.8 Å². The van der Waals surface area contributed by atoms with Gasteiger partial charge >= 0.3 is 0 Å². The van der Waals surface area contributed by atoms with Gasteiger partial charge in [-0.3, -0.25) is 9.59 Å². The third-order valence-corrected chi connectivity index (χ3v) is 4.89. The lowest BCUT2D eigenvalue weighted by molar-refractivity contribution is -0.110. The molecule has 138 valence electrons. The zero-order chi connectivity index (χ0) is 18.6. The molecule has 0 bridgehead atoms. The molecule has 2 heterocycles. The van der Waals surface area contributed by atoms with Crippen LogP contribution >= 0.6 is 0 Å². The summed E-state index contributed by atoms with van der Waals surface area (Å²) in [6, 6.07) is 16.7. The summed E-state index contributed by atoms with van der Waals surface area (Å²) in [5, 5.41) is 6.75. The maximum atomic E-state index is 12.4. The Morgan fingerprint density at radius 1 is 1.00 bits per heavy atom. The monoisotopic (exact) mass is 363 g/mol. The number of carbonyl (C=O) groups excluding carboxylic acids is 2. The lowest BCUT2D eigenvalue weighted by Crippen LogP contribution is -2.27. The molecule has 4 rings (SSSR count). The molecule has 2 aliphatic rings. The molecule has 0 radical (unpaired) electrons. The van der Waals surface area contributed by atoms with E-state index in [4.69, 9.17) is 4.84 Å². The van der Waals surface area contributed by atoms with Gasteiger partial charge in [0.1, 0.15) is 5.71 Å². The van der Waals surface area contributed by atoms with Crippen LogP contribution < -0.4 is 5.32 Å². The van der Waals surface area contributed by atoms with Crippen LogP contribution in [0.15, 0.2) is 59.8 Å². The summed E-state index contributed by atoms with van der Waals surface area (Å²) < 4.78 is 0. The van der Waals surface area contributed by atoms with E-state index in [2.05, 4.69) is 10.5 Å². The molecule has 1 fully saturated rings. The van der Waals surface area contributed by atoms with Gasteiger partial charge in [-0.1, -0.05) is 35.5 Å². The Morgan fingerprint density at radius 3 is 2.41 bits per heavy atom. The van der Waals surface area contributed by atoms with Gasteiger partial charge in [-0.05, 0) is 42.7 Å². The number of rotatable bonds is 4. The van der Waals surface area contributed by atoms with Crippen LogP contribution in [0, 0.1) is 0 Å². The van der Waals surface area contributed by atoms with Crippen molar-refractivity contribution in [2.24, 2.45) is 5.16 Å². The summed E-state index contributed by atoms with van der Waals surface area (Å²) in [7, 11) is 0. The summed E-state index contributed by atoms with van der Waals surface area (Å²) in [4.78, 5) is 32.0. The average molecular weight is 363 g/mol. The summed E-state index contributed by atoms with van der Waals surface area (Å²) in [6.45, 7) is 1.64. The lowest BCUT2D eigenvalue weighted by atomic mass is 10.0. The van der Waals surface area contributed by atoms with E-state index in [-0.39, 0.29) is 17.9 Å². The van der Waals surface area contributed by atoms with Crippen molar-refractivity contribution in [2.45, 2.75) is 25.4 Å². The number of nitrogens with one attached hydrogen (secondary N) is 1. The molecule has 2 aromatic carbocycles. The van der Waals surface area contributed by atoms with E-state index in [9.17, 15) is 9.59 Å². The van der Waals surface area contributed by atoms with Gasteiger partial charge in [-0.25, -0.2) is 0 Å². The minimum absolute atomic E-state index is 0.0460. The van der Waals surface area contributed by atoms with Crippen molar-refractivity contribution in [1.29, 1.82) is 0 Å². The molecular weight excluding hydrogens is 342 g/mol. The number of anilines is 1. The maximum Gasteiger partial charge on any atom is 0.273 e. The highest BCUT2D eigenvalue weighted by Gasteiger charge is 2.27. The standard InChI is InChI=1S/C21H21N3O3/c25-20(18-14-19(27-23-18)15-6-2-1-3-7-15)22-17-10-8-16(9-11-17)21(26)24-12-4-5-13-24/h1-3,6-11,19H,4-5,12-14H2,(H,22,25). The minimum Gasteiger partial charge on any atom is -0.387 e. The van der Waals surface area contributed by atoms with E-state index >= 15 is 0 Å². The quantitative estimate of drug-likeness (QED) is 0.905. The van der Waals surface area contributed by atoms with Gasteiger partial charge < -0.3 is 15.1 Å². The number of amides is 2. The van der Waals surface area contributed by atoms with Crippen LogP contribution in [0.3, 0.4) is 0 Å². The third kappa shape index (κ3) is 3.84. The highest BCUT2D eigenvalue weighted by molar-refractivity contribution is 6.43. The fourth-order valence-electron chi connectivity index (χ4n) is 3.36. The summed E-state index contributed by atoms with van der Waals surface area (Å²) >= 11 is 0.